The van der Waals surface area contributed by atoms with E-state index in [1.807, 2.05) is 37.3 Å². The number of benzene rings is 1. The minimum absolute atomic E-state index is 0.0353. The molecule has 1 heterocycles. The van der Waals surface area contributed by atoms with Gasteiger partial charge in [-0.3, -0.25) is 9.59 Å². The molecular weight excluding hydrogens is 230 g/mol. The Bertz CT molecular complexity index is 430. The number of amides is 1. The molecule has 0 spiro atoms. The number of hydrogen-bond acceptors (Lipinski definition) is 3. The SMILES string of the molecule is CCCC(=O)OCN1C(=O)C[C@H]1c1ccccc1. The first-order valence-electron chi connectivity index (χ1n) is 6.22. The van der Waals surface area contributed by atoms with Crippen LogP contribution in [0.4, 0.5) is 0 Å². The lowest BCUT2D eigenvalue weighted by Gasteiger charge is -2.39. The van der Waals surface area contributed by atoms with Crippen molar-refractivity contribution < 1.29 is 14.3 Å². The van der Waals surface area contributed by atoms with Crippen LogP contribution < -0.4 is 0 Å². The van der Waals surface area contributed by atoms with Gasteiger partial charge in [-0.05, 0) is 12.0 Å². The number of carbonyl (C=O) groups is 2. The van der Waals surface area contributed by atoms with Gasteiger partial charge in [-0.2, -0.15) is 0 Å². The number of β-lactam (4-membered cyclic amide) rings is 1. The van der Waals surface area contributed by atoms with E-state index < -0.39 is 0 Å². The third kappa shape index (κ3) is 2.70. The Morgan fingerprint density at radius 2 is 2.11 bits per heavy atom. The first-order chi connectivity index (χ1) is 8.72. The monoisotopic (exact) mass is 247 g/mol. The van der Waals surface area contributed by atoms with E-state index in [1.54, 1.807) is 4.90 Å². The molecule has 1 fully saturated rings. The summed E-state index contributed by atoms with van der Waals surface area (Å²) in [6, 6.07) is 9.85. The van der Waals surface area contributed by atoms with Gasteiger partial charge in [0.15, 0.2) is 6.73 Å². The fourth-order valence-electron chi connectivity index (χ4n) is 2.01. The zero-order valence-electron chi connectivity index (χ0n) is 10.5. The van der Waals surface area contributed by atoms with Gasteiger partial charge in [0.05, 0.1) is 12.5 Å². The summed E-state index contributed by atoms with van der Waals surface area (Å²) in [6.45, 7) is 1.99. The molecule has 0 N–H and O–H groups in total. The largest absolute Gasteiger partial charge is 0.444 e. The Morgan fingerprint density at radius 1 is 1.39 bits per heavy atom. The van der Waals surface area contributed by atoms with Gasteiger partial charge < -0.3 is 9.64 Å². The zero-order chi connectivity index (χ0) is 13.0. The smallest absolute Gasteiger partial charge is 0.307 e. The van der Waals surface area contributed by atoms with Crippen LogP contribution in [-0.2, 0) is 14.3 Å². The van der Waals surface area contributed by atoms with Crippen LogP contribution in [0.1, 0.15) is 37.8 Å². The summed E-state index contributed by atoms with van der Waals surface area (Å²) in [4.78, 5) is 24.4. The highest BCUT2D eigenvalue weighted by Crippen LogP contribution is 2.33. The maximum absolute atomic E-state index is 11.5. The molecule has 1 amide bonds. The average molecular weight is 247 g/mol. The van der Waals surface area contributed by atoms with Gasteiger partial charge in [-0.15, -0.1) is 0 Å². The summed E-state index contributed by atoms with van der Waals surface area (Å²) in [5.74, 6) is -0.211. The maximum atomic E-state index is 11.5. The summed E-state index contributed by atoms with van der Waals surface area (Å²) < 4.78 is 5.07. The Morgan fingerprint density at radius 3 is 2.72 bits per heavy atom. The molecule has 4 heteroatoms. The Kier molecular flexibility index (Phi) is 3.97. The highest BCUT2D eigenvalue weighted by atomic mass is 16.5. The lowest BCUT2D eigenvalue weighted by molar-refractivity contribution is -0.164. The molecule has 1 aliphatic rings. The van der Waals surface area contributed by atoms with Crippen LogP contribution in [-0.4, -0.2) is 23.5 Å². The van der Waals surface area contributed by atoms with Gasteiger partial charge in [-0.25, -0.2) is 0 Å². The van der Waals surface area contributed by atoms with Crippen molar-refractivity contribution in [1.82, 2.24) is 4.90 Å². The van der Waals surface area contributed by atoms with Gasteiger partial charge in [0.1, 0.15) is 0 Å². The molecule has 96 valence electrons. The standard InChI is InChI=1S/C14H17NO3/c1-2-6-14(17)18-10-15-12(9-13(15)16)11-7-4-3-5-8-11/h3-5,7-8,12H,2,6,9-10H2,1H3/t12-/m0/s1. The quantitative estimate of drug-likeness (QED) is 0.592. The minimum atomic E-state index is -0.246. The van der Waals surface area contributed by atoms with Crippen molar-refractivity contribution in [3.63, 3.8) is 0 Å². The van der Waals surface area contributed by atoms with E-state index in [-0.39, 0.29) is 24.6 Å². The molecule has 0 aromatic heterocycles. The van der Waals surface area contributed by atoms with Crippen molar-refractivity contribution in [2.24, 2.45) is 0 Å². The lowest BCUT2D eigenvalue weighted by Crippen LogP contribution is -2.47. The fourth-order valence-corrected chi connectivity index (χ4v) is 2.01. The molecule has 2 rings (SSSR count). The van der Waals surface area contributed by atoms with Crippen molar-refractivity contribution in [2.75, 3.05) is 6.73 Å². The predicted octanol–water partition coefficient (Wildman–Crippen LogP) is 2.26. The van der Waals surface area contributed by atoms with Crippen molar-refractivity contribution in [2.45, 2.75) is 32.2 Å². The van der Waals surface area contributed by atoms with Gasteiger partial charge in [-0.1, -0.05) is 37.3 Å². The molecule has 0 bridgehead atoms. The molecule has 0 radical (unpaired) electrons. The molecule has 1 aliphatic heterocycles. The van der Waals surface area contributed by atoms with E-state index in [9.17, 15) is 9.59 Å². The van der Waals surface area contributed by atoms with Crippen molar-refractivity contribution in [1.29, 1.82) is 0 Å². The highest BCUT2D eigenvalue weighted by Gasteiger charge is 2.37. The fraction of sp³-hybridized carbons (Fsp3) is 0.429. The summed E-state index contributed by atoms with van der Waals surface area (Å²) >= 11 is 0. The zero-order valence-corrected chi connectivity index (χ0v) is 10.5. The van der Waals surface area contributed by atoms with E-state index in [4.69, 9.17) is 4.74 Å². The lowest BCUT2D eigenvalue weighted by atomic mass is 9.95. The molecule has 1 aromatic rings. The Labute approximate surface area is 107 Å². The third-order valence-electron chi connectivity index (χ3n) is 3.07. The van der Waals surface area contributed by atoms with Crippen LogP contribution in [0.3, 0.4) is 0 Å². The first kappa shape index (κ1) is 12.6. The molecule has 0 aliphatic carbocycles. The number of carbonyl (C=O) groups excluding carboxylic acids is 2. The molecule has 1 atom stereocenters. The second kappa shape index (κ2) is 5.67. The molecular formula is C14H17NO3. The second-order valence-corrected chi connectivity index (χ2v) is 4.39. The van der Waals surface area contributed by atoms with Crippen LogP contribution in [0.25, 0.3) is 0 Å². The van der Waals surface area contributed by atoms with E-state index in [0.29, 0.717) is 12.8 Å². The van der Waals surface area contributed by atoms with Crippen LogP contribution in [0.2, 0.25) is 0 Å². The van der Waals surface area contributed by atoms with Crippen LogP contribution in [0.5, 0.6) is 0 Å². The van der Waals surface area contributed by atoms with Crippen LogP contribution in [0.15, 0.2) is 30.3 Å². The highest BCUT2D eigenvalue weighted by molar-refractivity contribution is 5.83. The molecule has 18 heavy (non-hydrogen) atoms. The van der Waals surface area contributed by atoms with E-state index in [0.717, 1.165) is 12.0 Å². The number of hydrogen-bond donors (Lipinski definition) is 0. The maximum Gasteiger partial charge on any atom is 0.307 e. The van der Waals surface area contributed by atoms with Gasteiger partial charge in [0.2, 0.25) is 5.91 Å². The topological polar surface area (TPSA) is 46.6 Å². The van der Waals surface area contributed by atoms with Crippen molar-refractivity contribution in [3.8, 4) is 0 Å². The van der Waals surface area contributed by atoms with Crippen LogP contribution in [0, 0.1) is 0 Å². The summed E-state index contributed by atoms with van der Waals surface area (Å²) in [5.41, 5.74) is 1.09. The van der Waals surface area contributed by atoms with Crippen molar-refractivity contribution in [3.05, 3.63) is 35.9 Å². The van der Waals surface area contributed by atoms with E-state index in [1.165, 1.54) is 0 Å². The number of esters is 1. The molecule has 1 aromatic carbocycles. The summed E-state index contributed by atoms with van der Waals surface area (Å²) in [7, 11) is 0. The van der Waals surface area contributed by atoms with Gasteiger partial charge >= 0.3 is 5.97 Å². The molecule has 4 nitrogen and oxygen atoms in total. The summed E-state index contributed by atoms with van der Waals surface area (Å²) in [5, 5.41) is 0. The first-order valence-corrected chi connectivity index (χ1v) is 6.22. The summed E-state index contributed by atoms with van der Waals surface area (Å²) in [6.07, 6.45) is 1.66. The Hall–Kier alpha value is -1.84. The normalized spacial score (nSPS) is 18.4. The number of nitrogens with zero attached hydrogens (tertiary/aromatic N) is 1. The van der Waals surface area contributed by atoms with Crippen LogP contribution >= 0.6 is 0 Å². The number of likely N-dealkylation sites (tertiary alicyclic amines) is 1. The number of rotatable bonds is 5. The van der Waals surface area contributed by atoms with Gasteiger partial charge in [0.25, 0.3) is 0 Å². The predicted molar refractivity (Wildman–Crippen MR) is 66.5 cm³/mol. The average Bonchev–Trinajstić information content (AvgIpc) is 2.37. The molecule has 0 saturated carbocycles. The van der Waals surface area contributed by atoms with Crippen molar-refractivity contribution >= 4 is 11.9 Å². The molecule has 0 unspecified atom stereocenters. The Balaban J connectivity index is 1.91. The second-order valence-electron chi connectivity index (χ2n) is 4.39. The van der Waals surface area contributed by atoms with E-state index >= 15 is 0 Å². The van der Waals surface area contributed by atoms with Gasteiger partial charge in [0, 0.05) is 6.42 Å². The number of ether oxygens (including phenoxy) is 1. The third-order valence-corrected chi connectivity index (χ3v) is 3.07. The molecule has 1 saturated heterocycles. The minimum Gasteiger partial charge on any atom is -0.444 e. The van der Waals surface area contributed by atoms with E-state index in [2.05, 4.69) is 0 Å².